The Bertz CT molecular complexity index is 472. The molecule has 182 valence electrons. The van der Waals surface area contributed by atoms with E-state index in [1.54, 1.807) is 0 Å². The molecule has 0 radical (unpaired) electrons. The maximum atomic E-state index is 6.01. The van der Waals surface area contributed by atoms with E-state index < -0.39 is 0 Å². The van der Waals surface area contributed by atoms with Crippen molar-refractivity contribution in [3.05, 3.63) is 0 Å². The van der Waals surface area contributed by atoms with Gasteiger partial charge in [0.05, 0.1) is 0 Å². The minimum absolute atomic E-state index is 0.374. The number of hydrogen-bond donors (Lipinski definition) is 0. The van der Waals surface area contributed by atoms with Gasteiger partial charge in [-0.3, -0.25) is 0 Å². The Balaban J connectivity index is 1.85. The van der Waals surface area contributed by atoms with E-state index in [1.165, 1.54) is 103 Å². The normalized spacial score (nSPS) is 36.4. The summed E-state index contributed by atoms with van der Waals surface area (Å²) in [6.07, 6.45) is 21.8. The standard InChI is InChI=1S/C24H43ClS6/c1-4-7-11-16-21-26-22(17-12-8-5-2)28-23(27-21,18-13-9-6-3)31-24(29-21,30-22)19-14-10-15-20-25/h4-20H2,1-3H3. The summed E-state index contributed by atoms with van der Waals surface area (Å²) < 4.78 is 1.55. The minimum Gasteiger partial charge on any atom is -0.127 e. The van der Waals surface area contributed by atoms with Gasteiger partial charge in [0.15, 0.2) is 0 Å². The highest BCUT2D eigenvalue weighted by atomic mass is 35.5. The van der Waals surface area contributed by atoms with Crippen LogP contribution in [0.15, 0.2) is 0 Å². The van der Waals surface area contributed by atoms with Crippen molar-refractivity contribution in [1.29, 1.82) is 0 Å². The summed E-state index contributed by atoms with van der Waals surface area (Å²) in [6, 6.07) is 0. The second kappa shape index (κ2) is 13.1. The van der Waals surface area contributed by atoms with Gasteiger partial charge in [0.1, 0.15) is 13.6 Å². The lowest BCUT2D eigenvalue weighted by atomic mass is 10.2. The molecule has 0 atom stereocenters. The largest absolute Gasteiger partial charge is 0.127 e. The Hall–Kier alpha value is 2.39. The molecule has 4 heterocycles. The first-order valence-corrected chi connectivity index (χ1v) is 18.2. The minimum atomic E-state index is 0.374. The molecule has 0 aliphatic carbocycles. The van der Waals surface area contributed by atoms with Crippen LogP contribution >= 0.6 is 82.2 Å². The highest BCUT2D eigenvalue weighted by Gasteiger charge is 2.71. The zero-order valence-electron chi connectivity index (χ0n) is 19.8. The maximum absolute atomic E-state index is 6.01. The van der Waals surface area contributed by atoms with Crippen LogP contribution < -0.4 is 0 Å². The fraction of sp³-hybridized carbons (Fsp3) is 1.00. The van der Waals surface area contributed by atoms with Gasteiger partial charge < -0.3 is 0 Å². The van der Waals surface area contributed by atoms with E-state index in [1.807, 2.05) is 0 Å². The van der Waals surface area contributed by atoms with Gasteiger partial charge in [-0.25, -0.2) is 0 Å². The molecule has 0 aromatic carbocycles. The van der Waals surface area contributed by atoms with Gasteiger partial charge in [-0.1, -0.05) is 91.4 Å². The smallest absolute Gasteiger partial charge is 0.113 e. The molecule has 0 aromatic rings. The Morgan fingerprint density at radius 1 is 0.419 bits per heavy atom. The van der Waals surface area contributed by atoms with Gasteiger partial charge in [0, 0.05) is 5.88 Å². The number of hydrogen-bond acceptors (Lipinski definition) is 6. The van der Waals surface area contributed by atoms with E-state index in [0.717, 1.165) is 5.88 Å². The highest BCUT2D eigenvalue weighted by Crippen LogP contribution is 2.91. The van der Waals surface area contributed by atoms with Crippen LogP contribution in [0, 0.1) is 0 Å². The number of alkyl halides is 1. The molecule has 0 saturated carbocycles. The first kappa shape index (κ1) is 28.0. The van der Waals surface area contributed by atoms with Crippen LogP contribution in [0.1, 0.15) is 124 Å². The van der Waals surface area contributed by atoms with Crippen LogP contribution in [0.5, 0.6) is 0 Å². The zero-order chi connectivity index (χ0) is 22.3. The van der Waals surface area contributed by atoms with Gasteiger partial charge in [-0.15, -0.1) is 82.2 Å². The van der Waals surface area contributed by atoms with Crippen molar-refractivity contribution < 1.29 is 0 Å². The molecule has 0 amide bonds. The molecule has 7 heteroatoms. The van der Waals surface area contributed by atoms with Crippen LogP contribution in [0.3, 0.4) is 0 Å². The molecule has 4 rings (SSSR count). The van der Waals surface area contributed by atoms with E-state index in [-0.39, 0.29) is 0 Å². The van der Waals surface area contributed by atoms with Crippen molar-refractivity contribution in [3.63, 3.8) is 0 Å². The highest BCUT2D eigenvalue weighted by molar-refractivity contribution is 8.64. The molecule has 0 aromatic heterocycles. The second-order valence-electron chi connectivity index (χ2n) is 9.22. The summed E-state index contributed by atoms with van der Waals surface area (Å²) in [4.78, 5) is 0. The van der Waals surface area contributed by atoms with Gasteiger partial charge in [-0.05, 0) is 32.1 Å². The first-order chi connectivity index (χ1) is 15.0. The quantitative estimate of drug-likeness (QED) is 0.128. The second-order valence-corrected chi connectivity index (χ2v) is 22.3. The van der Waals surface area contributed by atoms with Gasteiger partial charge in [0.2, 0.25) is 0 Å². The molecule has 4 fully saturated rings. The third kappa shape index (κ3) is 7.44. The number of thioether (sulfide) groups is 6. The van der Waals surface area contributed by atoms with Crippen LogP contribution in [-0.4, -0.2) is 19.5 Å². The van der Waals surface area contributed by atoms with E-state index in [4.69, 9.17) is 11.6 Å². The SMILES string of the molecule is CCCCCC12SC3(CCCCC)SC(CCCCC)(S1)SC(CCCCCCl)(S2)S3. The van der Waals surface area contributed by atoms with E-state index in [9.17, 15) is 0 Å². The number of rotatable bonds is 17. The Kier molecular flexibility index (Phi) is 11.8. The van der Waals surface area contributed by atoms with Crippen LogP contribution in [0.25, 0.3) is 0 Å². The third-order valence-corrected chi connectivity index (χ3v) is 18.7. The van der Waals surface area contributed by atoms with E-state index >= 15 is 0 Å². The molecule has 0 spiro atoms. The van der Waals surface area contributed by atoms with Crippen molar-refractivity contribution >= 4 is 82.2 Å². The lowest BCUT2D eigenvalue weighted by Crippen LogP contribution is -2.53. The van der Waals surface area contributed by atoms with Crippen molar-refractivity contribution in [3.8, 4) is 0 Å². The maximum Gasteiger partial charge on any atom is 0.113 e. The van der Waals surface area contributed by atoms with Crippen LogP contribution in [0.2, 0.25) is 0 Å². The van der Waals surface area contributed by atoms with Crippen molar-refractivity contribution in [2.75, 3.05) is 5.88 Å². The molecule has 31 heavy (non-hydrogen) atoms. The topological polar surface area (TPSA) is 0 Å². The predicted octanol–water partition coefficient (Wildman–Crippen LogP) is 11.6. The lowest BCUT2D eigenvalue weighted by Gasteiger charge is -2.67. The molecule has 0 nitrogen and oxygen atoms in total. The van der Waals surface area contributed by atoms with Crippen molar-refractivity contribution in [1.82, 2.24) is 0 Å². The third-order valence-electron chi connectivity index (χ3n) is 6.24. The Morgan fingerprint density at radius 3 is 0.968 bits per heavy atom. The monoisotopic (exact) mass is 558 g/mol. The molecule has 4 aliphatic heterocycles. The first-order valence-electron chi connectivity index (χ1n) is 12.8. The average molecular weight is 559 g/mol. The Morgan fingerprint density at radius 2 is 0.710 bits per heavy atom. The van der Waals surface area contributed by atoms with Crippen molar-refractivity contribution in [2.24, 2.45) is 0 Å². The molecule has 0 N–H and O–H groups in total. The molecular formula is C24H43ClS6. The van der Waals surface area contributed by atoms with Gasteiger partial charge in [0.25, 0.3) is 0 Å². The van der Waals surface area contributed by atoms with Gasteiger partial charge >= 0.3 is 0 Å². The summed E-state index contributed by atoms with van der Waals surface area (Å²) in [6.45, 7) is 7.06. The van der Waals surface area contributed by atoms with Crippen molar-refractivity contribution in [2.45, 2.75) is 137 Å². The summed E-state index contributed by atoms with van der Waals surface area (Å²) in [5, 5.41) is 0. The summed E-state index contributed by atoms with van der Waals surface area (Å²) in [5.74, 6) is 0.824. The fourth-order valence-corrected chi connectivity index (χ4v) is 26.7. The lowest BCUT2D eigenvalue weighted by molar-refractivity contribution is 0.643. The fourth-order valence-electron chi connectivity index (χ4n) is 4.67. The molecule has 0 unspecified atom stereocenters. The summed E-state index contributed by atoms with van der Waals surface area (Å²) in [7, 11) is 0. The van der Waals surface area contributed by atoms with Crippen LogP contribution in [-0.2, 0) is 0 Å². The number of unbranched alkanes of at least 4 members (excludes halogenated alkanes) is 8. The predicted molar refractivity (Wildman–Crippen MR) is 158 cm³/mol. The molecular weight excluding hydrogens is 516 g/mol. The zero-order valence-corrected chi connectivity index (χ0v) is 25.5. The summed E-state index contributed by atoms with van der Waals surface area (Å²) in [5.41, 5.74) is 0. The van der Waals surface area contributed by atoms with Crippen LogP contribution in [0.4, 0.5) is 0 Å². The molecule has 4 bridgehead atoms. The van der Waals surface area contributed by atoms with E-state index in [0.29, 0.717) is 13.6 Å². The average Bonchev–Trinajstić information content (AvgIpc) is 2.71. The van der Waals surface area contributed by atoms with E-state index in [2.05, 4.69) is 91.3 Å². The van der Waals surface area contributed by atoms with Gasteiger partial charge in [-0.2, -0.15) is 0 Å². The Labute approximate surface area is 223 Å². The number of halogens is 1. The molecule has 4 aliphatic rings. The molecule has 4 saturated heterocycles. The summed E-state index contributed by atoms with van der Waals surface area (Å²) >= 11 is 20.4.